The third-order valence-corrected chi connectivity index (χ3v) is 9.98. The predicted octanol–water partition coefficient (Wildman–Crippen LogP) is 3.81. The molecule has 40 heavy (non-hydrogen) atoms. The Morgan fingerprint density at radius 2 is 1.95 bits per heavy atom. The number of nitrogens with zero attached hydrogens (tertiary/aromatic N) is 5. The van der Waals surface area contributed by atoms with Crippen LogP contribution in [0.25, 0.3) is 33.6 Å². The monoisotopic (exact) mass is 540 g/mol. The summed E-state index contributed by atoms with van der Waals surface area (Å²) in [7, 11) is 3.66. The van der Waals surface area contributed by atoms with Gasteiger partial charge in [-0.25, -0.2) is 9.97 Å². The number of aliphatic hydroxyl groups is 1. The van der Waals surface area contributed by atoms with E-state index in [0.717, 1.165) is 78.1 Å². The number of hydrogen-bond acceptors (Lipinski definition) is 6. The summed E-state index contributed by atoms with van der Waals surface area (Å²) in [4.78, 5) is 25.8. The average molecular weight is 541 g/mol. The fourth-order valence-electron chi connectivity index (χ4n) is 7.39. The van der Waals surface area contributed by atoms with Crippen LogP contribution in [0.2, 0.25) is 0 Å². The number of rotatable bonds is 6. The third kappa shape index (κ3) is 3.63. The van der Waals surface area contributed by atoms with Gasteiger partial charge in [-0.3, -0.25) is 4.79 Å². The quantitative estimate of drug-likeness (QED) is 0.385. The van der Waals surface area contributed by atoms with Gasteiger partial charge in [0, 0.05) is 54.8 Å². The number of aromatic nitrogens is 4. The molecule has 3 aromatic heterocycles. The predicted molar refractivity (Wildman–Crippen MR) is 152 cm³/mol. The molecule has 3 saturated carbocycles. The number of carbonyl (C=O) groups excluding carboxylic acids is 1. The van der Waals surface area contributed by atoms with E-state index < -0.39 is 0 Å². The third-order valence-electron chi connectivity index (χ3n) is 9.98. The molecule has 8 rings (SSSR count). The zero-order chi connectivity index (χ0) is 27.3. The molecular weight excluding hydrogens is 504 g/mol. The first-order chi connectivity index (χ1) is 19.4. The van der Waals surface area contributed by atoms with E-state index in [4.69, 9.17) is 20.4 Å². The van der Waals surface area contributed by atoms with Crippen LogP contribution < -0.4 is 10.5 Å². The molecule has 2 unspecified atom stereocenters. The second-order valence-corrected chi connectivity index (χ2v) is 12.5. The molecule has 4 aliphatic rings. The molecule has 1 aliphatic heterocycles. The largest absolute Gasteiger partial charge is 0.494 e. The topological polar surface area (TPSA) is 111 Å². The van der Waals surface area contributed by atoms with Crippen molar-refractivity contribution in [2.45, 2.75) is 69.2 Å². The number of aryl methyl sites for hydroxylation is 1. The van der Waals surface area contributed by atoms with E-state index in [9.17, 15) is 9.90 Å². The molecule has 3 N–H and O–H groups in total. The summed E-state index contributed by atoms with van der Waals surface area (Å²) in [5.41, 5.74) is 11.7. The van der Waals surface area contributed by atoms with Gasteiger partial charge < -0.3 is 29.6 Å². The molecule has 208 valence electrons. The smallest absolute Gasteiger partial charge is 0.254 e. The van der Waals surface area contributed by atoms with E-state index in [-0.39, 0.29) is 24.1 Å². The first kappa shape index (κ1) is 24.4. The number of carbonyl (C=O) groups is 1. The van der Waals surface area contributed by atoms with Crippen LogP contribution in [0.4, 0.5) is 0 Å². The number of piperidine rings is 1. The van der Waals surface area contributed by atoms with E-state index in [2.05, 4.69) is 27.3 Å². The molecule has 1 amide bonds. The van der Waals surface area contributed by atoms with E-state index in [1.165, 1.54) is 12.8 Å². The molecule has 3 aliphatic carbocycles. The van der Waals surface area contributed by atoms with Crippen molar-refractivity contribution in [3.8, 4) is 17.3 Å². The standard InChI is InChI=1S/C31H36N6O3/c1-35-28-23(11-20(13-26(28)40-2)31(39)37-15-18-6-8-24(37)27(18)32)34-30(35)25-12-17-5-7-22(19-9-21(38)10-19)33-29(17)36(25)14-16-3-4-16/h5,7,11-13,16,18-19,21,24,27,38H,3-4,6,8-10,14-15,32H2,1-2H3/t18?,19?,21?,24?,27-/m1/s1. The Hall–Kier alpha value is -3.43. The van der Waals surface area contributed by atoms with Crippen molar-refractivity contribution < 1.29 is 14.6 Å². The Morgan fingerprint density at radius 1 is 1.12 bits per heavy atom. The van der Waals surface area contributed by atoms with Gasteiger partial charge >= 0.3 is 0 Å². The van der Waals surface area contributed by atoms with Gasteiger partial charge in [0.2, 0.25) is 0 Å². The van der Waals surface area contributed by atoms with E-state index in [1.54, 1.807) is 7.11 Å². The molecule has 9 heteroatoms. The van der Waals surface area contributed by atoms with Gasteiger partial charge in [0.05, 0.1) is 24.4 Å². The summed E-state index contributed by atoms with van der Waals surface area (Å²) in [6.07, 6.45) is 5.91. The van der Waals surface area contributed by atoms with Crippen LogP contribution in [0.15, 0.2) is 30.3 Å². The number of aliphatic hydroxyl groups excluding tert-OH is 1. The van der Waals surface area contributed by atoms with Gasteiger partial charge in [0.25, 0.3) is 5.91 Å². The Labute approximate surface area is 232 Å². The number of likely N-dealkylation sites (tertiary alicyclic amines) is 1. The van der Waals surface area contributed by atoms with Gasteiger partial charge in [-0.05, 0) is 80.7 Å². The Bertz CT molecular complexity index is 1660. The zero-order valence-corrected chi connectivity index (χ0v) is 23.1. The normalized spacial score (nSPS) is 27.6. The lowest BCUT2D eigenvalue weighted by Crippen LogP contribution is -2.41. The molecule has 1 saturated heterocycles. The van der Waals surface area contributed by atoms with Crippen LogP contribution >= 0.6 is 0 Å². The minimum atomic E-state index is -0.208. The number of amides is 1. The molecule has 9 nitrogen and oxygen atoms in total. The van der Waals surface area contributed by atoms with E-state index in [1.807, 2.05) is 24.1 Å². The first-order valence-corrected chi connectivity index (χ1v) is 14.7. The number of imidazole rings is 1. The molecular formula is C31H36N6O3. The Morgan fingerprint density at radius 3 is 2.62 bits per heavy atom. The summed E-state index contributed by atoms with van der Waals surface area (Å²) in [5.74, 6) is 2.86. The van der Waals surface area contributed by atoms with Gasteiger partial charge in [-0.1, -0.05) is 0 Å². The maximum Gasteiger partial charge on any atom is 0.254 e. The molecule has 1 aromatic carbocycles. The van der Waals surface area contributed by atoms with E-state index in [0.29, 0.717) is 29.1 Å². The van der Waals surface area contributed by atoms with Crippen molar-refractivity contribution in [3.63, 3.8) is 0 Å². The van der Waals surface area contributed by atoms with Crippen LogP contribution in [-0.4, -0.2) is 66.9 Å². The van der Waals surface area contributed by atoms with Crippen LogP contribution in [0.1, 0.15) is 60.5 Å². The molecule has 0 radical (unpaired) electrons. The van der Waals surface area contributed by atoms with Gasteiger partial charge in [0.15, 0.2) is 5.82 Å². The lowest BCUT2D eigenvalue weighted by Gasteiger charge is -2.30. The number of hydrogen-bond donors (Lipinski definition) is 2. The highest BCUT2D eigenvalue weighted by atomic mass is 16.5. The van der Waals surface area contributed by atoms with Gasteiger partial charge in [-0.15, -0.1) is 0 Å². The number of ether oxygens (including phenoxy) is 1. The van der Waals surface area contributed by atoms with Crippen molar-refractivity contribution in [1.29, 1.82) is 0 Å². The molecule has 4 fully saturated rings. The van der Waals surface area contributed by atoms with Crippen LogP contribution in [0, 0.1) is 11.8 Å². The zero-order valence-electron chi connectivity index (χ0n) is 23.1. The molecule has 4 heterocycles. The van der Waals surface area contributed by atoms with E-state index >= 15 is 0 Å². The Balaban J connectivity index is 1.23. The fourth-order valence-corrected chi connectivity index (χ4v) is 7.39. The highest BCUT2D eigenvalue weighted by Gasteiger charge is 2.47. The molecule has 4 aromatic rings. The van der Waals surface area contributed by atoms with Crippen molar-refractivity contribution >= 4 is 28.0 Å². The summed E-state index contributed by atoms with van der Waals surface area (Å²) in [6.45, 7) is 1.64. The molecule has 0 spiro atoms. The van der Waals surface area contributed by atoms with Crippen molar-refractivity contribution in [2.24, 2.45) is 24.6 Å². The van der Waals surface area contributed by atoms with Crippen LogP contribution in [0.3, 0.4) is 0 Å². The lowest BCUT2D eigenvalue weighted by atomic mass is 9.80. The fraction of sp³-hybridized carbons (Fsp3) is 0.516. The number of fused-ring (bicyclic) bond motifs is 4. The average Bonchev–Trinajstić information content (AvgIpc) is 3.35. The summed E-state index contributed by atoms with van der Waals surface area (Å²) in [6, 6.07) is 10.4. The Kier molecular flexibility index (Phi) is 5.35. The van der Waals surface area contributed by atoms with Crippen LogP contribution in [0.5, 0.6) is 5.75 Å². The first-order valence-electron chi connectivity index (χ1n) is 14.7. The van der Waals surface area contributed by atoms with Crippen molar-refractivity contribution in [3.05, 3.63) is 41.6 Å². The second-order valence-electron chi connectivity index (χ2n) is 12.5. The molecule has 3 atom stereocenters. The highest BCUT2D eigenvalue weighted by Crippen LogP contribution is 2.41. The number of nitrogens with two attached hydrogens (primary N) is 1. The summed E-state index contributed by atoms with van der Waals surface area (Å²) in [5, 5.41) is 10.9. The lowest BCUT2D eigenvalue weighted by molar-refractivity contribution is 0.0700. The maximum absolute atomic E-state index is 13.6. The molecule has 2 bridgehead atoms. The van der Waals surface area contributed by atoms with Crippen molar-refractivity contribution in [2.75, 3.05) is 13.7 Å². The minimum absolute atomic E-state index is 0.00995. The van der Waals surface area contributed by atoms with Crippen molar-refractivity contribution in [1.82, 2.24) is 24.0 Å². The number of methoxy groups -OCH3 is 1. The summed E-state index contributed by atoms with van der Waals surface area (Å²) < 4.78 is 10.2. The van der Waals surface area contributed by atoms with Gasteiger partial charge in [0.1, 0.15) is 16.9 Å². The van der Waals surface area contributed by atoms with Gasteiger partial charge in [-0.2, -0.15) is 0 Å². The number of benzene rings is 1. The minimum Gasteiger partial charge on any atom is -0.494 e. The SMILES string of the molecule is COc1cc(C(=O)N2CC3CCC2[C@@H]3N)cc2nc(-c3cc4ccc(C5CC(O)C5)nc4n3CC3CC3)n(C)c12. The maximum atomic E-state index is 13.6. The number of pyridine rings is 1. The van der Waals surface area contributed by atoms with Crippen LogP contribution in [-0.2, 0) is 13.6 Å². The highest BCUT2D eigenvalue weighted by molar-refractivity contribution is 6.00. The second kappa shape index (κ2) is 8.78. The summed E-state index contributed by atoms with van der Waals surface area (Å²) >= 11 is 0.